The van der Waals surface area contributed by atoms with Crippen LogP contribution in [0.5, 0.6) is 5.88 Å². The van der Waals surface area contributed by atoms with Crippen molar-refractivity contribution in [3.05, 3.63) is 58.8 Å². The van der Waals surface area contributed by atoms with Crippen LogP contribution in [0.3, 0.4) is 0 Å². The fraction of sp³-hybridized carbons (Fsp3) is 0.333. The molecule has 1 aliphatic rings. The molecule has 0 N–H and O–H groups in total. The lowest BCUT2D eigenvalue weighted by Crippen LogP contribution is -2.24. The minimum Gasteiger partial charge on any atom is -0.481 e. The highest BCUT2D eigenvalue weighted by Crippen LogP contribution is 2.38. The van der Waals surface area contributed by atoms with Crippen molar-refractivity contribution in [1.29, 1.82) is 5.26 Å². The third kappa shape index (κ3) is 3.68. The maximum atomic E-state index is 13.5. The van der Waals surface area contributed by atoms with Crippen molar-refractivity contribution in [2.45, 2.75) is 19.3 Å². The molecule has 0 spiro atoms. The largest absolute Gasteiger partial charge is 0.481 e. The van der Waals surface area contributed by atoms with Gasteiger partial charge in [-0.3, -0.25) is 4.57 Å². The van der Waals surface area contributed by atoms with E-state index in [1.54, 1.807) is 25.4 Å². The minimum absolute atomic E-state index is 0.121. The summed E-state index contributed by atoms with van der Waals surface area (Å²) in [5.74, 6) is 1.72. The van der Waals surface area contributed by atoms with Crippen molar-refractivity contribution < 1.29 is 9.13 Å². The van der Waals surface area contributed by atoms with Crippen LogP contribution in [0.1, 0.15) is 24.2 Å². The molecule has 30 heavy (non-hydrogen) atoms. The number of hydrogen-bond donors (Lipinski definition) is 0. The van der Waals surface area contributed by atoms with Crippen LogP contribution < -0.4 is 9.64 Å². The van der Waals surface area contributed by atoms with E-state index in [2.05, 4.69) is 33.1 Å². The average molecular weight is 427 g/mol. The molecular weight excluding hydrogens is 407 g/mol. The fourth-order valence-corrected chi connectivity index (χ4v) is 4.23. The van der Waals surface area contributed by atoms with Crippen LogP contribution in [0.2, 0.25) is 5.02 Å². The third-order valence-corrected chi connectivity index (χ3v) is 5.72. The van der Waals surface area contributed by atoms with Crippen molar-refractivity contribution in [2.24, 2.45) is 5.92 Å². The van der Waals surface area contributed by atoms with Gasteiger partial charge in [-0.25, -0.2) is 9.37 Å². The Kier molecular flexibility index (Phi) is 5.55. The fourth-order valence-electron chi connectivity index (χ4n) is 3.92. The van der Waals surface area contributed by atoms with Gasteiger partial charge in [-0.2, -0.15) is 5.26 Å². The molecule has 2 atom stereocenters. The molecule has 9 heteroatoms. The summed E-state index contributed by atoms with van der Waals surface area (Å²) >= 11 is 6.32. The van der Waals surface area contributed by atoms with E-state index in [4.69, 9.17) is 16.3 Å². The van der Waals surface area contributed by atoms with Gasteiger partial charge in [0.1, 0.15) is 5.82 Å². The van der Waals surface area contributed by atoms with E-state index in [1.165, 1.54) is 12.1 Å². The van der Waals surface area contributed by atoms with E-state index >= 15 is 0 Å². The van der Waals surface area contributed by atoms with Gasteiger partial charge in [0.05, 0.1) is 31.5 Å². The van der Waals surface area contributed by atoms with E-state index in [1.807, 2.05) is 10.6 Å². The first-order chi connectivity index (χ1) is 14.5. The second-order valence-electron chi connectivity index (χ2n) is 7.30. The van der Waals surface area contributed by atoms with Gasteiger partial charge in [-0.15, -0.1) is 10.2 Å². The first-order valence-electron chi connectivity index (χ1n) is 9.53. The second kappa shape index (κ2) is 8.28. The number of rotatable bonds is 5. The lowest BCUT2D eigenvalue weighted by molar-refractivity contribution is 0.398. The Hall–Kier alpha value is -3.18. The molecule has 1 fully saturated rings. The predicted octanol–water partition coefficient (Wildman–Crippen LogP) is 3.77. The molecule has 0 radical (unpaired) electrons. The van der Waals surface area contributed by atoms with Crippen molar-refractivity contribution in [3.63, 3.8) is 0 Å². The molecule has 0 unspecified atom stereocenters. The smallest absolute Gasteiger partial charge is 0.232 e. The molecule has 154 valence electrons. The zero-order valence-corrected chi connectivity index (χ0v) is 17.3. The lowest BCUT2D eigenvalue weighted by atomic mass is 9.90. The van der Waals surface area contributed by atoms with Crippen LogP contribution in [-0.2, 0) is 6.42 Å². The number of hydrogen-bond acceptors (Lipinski definition) is 6. The van der Waals surface area contributed by atoms with Crippen LogP contribution in [0, 0.1) is 23.1 Å². The second-order valence-corrected chi connectivity index (χ2v) is 7.71. The van der Waals surface area contributed by atoms with E-state index in [0.29, 0.717) is 29.2 Å². The monoisotopic (exact) mass is 426 g/mol. The van der Waals surface area contributed by atoms with Crippen molar-refractivity contribution in [2.75, 3.05) is 25.1 Å². The molecule has 0 amide bonds. The number of methoxy groups -OCH3 is 1. The minimum atomic E-state index is -0.348. The summed E-state index contributed by atoms with van der Waals surface area (Å²) in [5.41, 5.74) is 1.67. The van der Waals surface area contributed by atoms with Crippen LogP contribution >= 0.6 is 11.6 Å². The van der Waals surface area contributed by atoms with Gasteiger partial charge in [0.25, 0.3) is 0 Å². The highest BCUT2D eigenvalue weighted by atomic mass is 35.5. The molecule has 1 aliphatic heterocycles. The number of aromatic nitrogens is 4. The number of halogens is 2. The molecular formula is C21H20ClFN6O. The van der Waals surface area contributed by atoms with Crippen molar-refractivity contribution >= 4 is 17.5 Å². The number of nitriles is 1. The summed E-state index contributed by atoms with van der Waals surface area (Å²) in [6, 6.07) is 10.3. The van der Waals surface area contributed by atoms with E-state index in [-0.39, 0.29) is 24.1 Å². The van der Waals surface area contributed by atoms with Crippen molar-refractivity contribution in [1.82, 2.24) is 19.7 Å². The standard InChI is InChI=1S/C21H20ClFN6O/c1-13-11-28(12-17(13)16-5-3-14(23)9-18(16)22)21-27-26-19(7-8-24)29(21)15-4-6-20(30-2)25-10-15/h3-6,9-10,13,17H,7,11-12H2,1-2H3/t13-,17-/m0/s1. The summed E-state index contributed by atoms with van der Waals surface area (Å²) in [6.45, 7) is 3.52. The summed E-state index contributed by atoms with van der Waals surface area (Å²) in [5, 5.41) is 18.2. The topological polar surface area (TPSA) is 79.9 Å². The molecule has 0 bridgehead atoms. The number of benzene rings is 1. The van der Waals surface area contributed by atoms with Gasteiger partial charge in [0.15, 0.2) is 5.82 Å². The van der Waals surface area contributed by atoms with E-state index in [9.17, 15) is 9.65 Å². The first kappa shape index (κ1) is 20.1. The third-order valence-electron chi connectivity index (χ3n) is 5.40. The zero-order valence-electron chi connectivity index (χ0n) is 16.6. The Bertz CT molecular complexity index is 1090. The molecule has 0 saturated carbocycles. The Balaban J connectivity index is 1.69. The molecule has 0 aliphatic carbocycles. The van der Waals surface area contributed by atoms with Gasteiger partial charge >= 0.3 is 0 Å². The number of anilines is 1. The molecule has 2 aromatic heterocycles. The summed E-state index contributed by atoms with van der Waals surface area (Å²) < 4.78 is 20.5. The number of ether oxygens (including phenoxy) is 1. The van der Waals surface area contributed by atoms with Gasteiger partial charge < -0.3 is 9.64 Å². The van der Waals surface area contributed by atoms with E-state index < -0.39 is 0 Å². The van der Waals surface area contributed by atoms with Crippen LogP contribution in [-0.4, -0.2) is 39.9 Å². The number of pyridine rings is 1. The molecule has 3 aromatic rings. The Morgan fingerprint density at radius 3 is 2.77 bits per heavy atom. The highest BCUT2D eigenvalue weighted by molar-refractivity contribution is 6.31. The molecule has 1 aromatic carbocycles. The van der Waals surface area contributed by atoms with Crippen molar-refractivity contribution in [3.8, 4) is 17.6 Å². The molecule has 4 rings (SSSR count). The van der Waals surface area contributed by atoms with Crippen LogP contribution in [0.25, 0.3) is 5.69 Å². The first-order valence-corrected chi connectivity index (χ1v) is 9.91. The Morgan fingerprint density at radius 1 is 1.27 bits per heavy atom. The Morgan fingerprint density at radius 2 is 2.10 bits per heavy atom. The highest BCUT2D eigenvalue weighted by Gasteiger charge is 2.35. The quantitative estimate of drug-likeness (QED) is 0.617. The molecule has 1 saturated heterocycles. The Labute approximate surface area is 178 Å². The van der Waals surface area contributed by atoms with Crippen LogP contribution in [0.15, 0.2) is 36.5 Å². The van der Waals surface area contributed by atoms with Gasteiger partial charge in [-0.05, 0) is 29.7 Å². The molecule has 3 heterocycles. The van der Waals surface area contributed by atoms with Gasteiger partial charge in [0.2, 0.25) is 11.8 Å². The predicted molar refractivity (Wildman–Crippen MR) is 111 cm³/mol. The normalized spacial score (nSPS) is 18.4. The summed E-state index contributed by atoms with van der Waals surface area (Å²) in [6.07, 6.45) is 1.79. The zero-order chi connectivity index (χ0) is 21.3. The SMILES string of the molecule is COc1ccc(-n2c(CC#N)nnc2N2C[C@H](c3ccc(F)cc3Cl)[C@@H](C)C2)cn1. The number of nitrogens with zero attached hydrogens (tertiary/aromatic N) is 6. The average Bonchev–Trinajstić information content (AvgIpc) is 3.32. The maximum absolute atomic E-state index is 13.5. The lowest BCUT2D eigenvalue weighted by Gasteiger charge is -2.19. The molecule has 7 nitrogen and oxygen atoms in total. The van der Waals surface area contributed by atoms with E-state index in [0.717, 1.165) is 17.8 Å². The van der Waals surface area contributed by atoms with Gasteiger partial charge in [-0.1, -0.05) is 24.6 Å². The van der Waals surface area contributed by atoms with Gasteiger partial charge in [0, 0.05) is 30.1 Å². The summed E-state index contributed by atoms with van der Waals surface area (Å²) in [4.78, 5) is 6.38. The van der Waals surface area contributed by atoms with Crippen LogP contribution in [0.4, 0.5) is 10.3 Å². The maximum Gasteiger partial charge on any atom is 0.232 e. The summed E-state index contributed by atoms with van der Waals surface area (Å²) in [7, 11) is 1.56.